The van der Waals surface area contributed by atoms with Crippen LogP contribution in [0.5, 0.6) is 11.5 Å². The van der Waals surface area contributed by atoms with Crippen LogP contribution in [-0.2, 0) is 19.1 Å². The number of hydrogen-bond donors (Lipinski definition) is 3. The Labute approximate surface area is 257 Å². The first-order valence-corrected chi connectivity index (χ1v) is 14.6. The third-order valence-electron chi connectivity index (χ3n) is 7.85. The van der Waals surface area contributed by atoms with Gasteiger partial charge in [0.25, 0.3) is 0 Å². The second-order valence-corrected chi connectivity index (χ2v) is 13.4. The number of aromatic nitrogens is 1. The van der Waals surface area contributed by atoms with E-state index >= 15 is 0 Å². The molecule has 2 aliphatic rings. The Kier molecular flexibility index (Phi) is 8.86. The summed E-state index contributed by atoms with van der Waals surface area (Å²) in [6.07, 6.45) is 2.00. The number of benzene rings is 1. The van der Waals surface area contributed by atoms with Gasteiger partial charge in [-0.1, -0.05) is 26.8 Å². The van der Waals surface area contributed by atoms with E-state index in [1.54, 1.807) is 73.0 Å². The summed E-state index contributed by atoms with van der Waals surface area (Å²) in [5, 5.41) is 16.0. The number of amides is 3. The zero-order chi connectivity index (χ0) is 32.6. The van der Waals surface area contributed by atoms with Crippen molar-refractivity contribution in [2.24, 2.45) is 11.3 Å². The molecule has 0 bridgehead atoms. The van der Waals surface area contributed by atoms with E-state index in [4.69, 9.17) is 14.2 Å². The number of ether oxygens (including phenoxy) is 3. The zero-order valence-electron chi connectivity index (χ0n) is 26.3. The molecule has 1 aromatic heterocycles. The third-order valence-corrected chi connectivity index (χ3v) is 7.85. The molecule has 3 amide bonds. The minimum Gasteiger partial charge on any atom is -0.497 e. The molecule has 1 aliphatic carbocycles. The van der Waals surface area contributed by atoms with Crippen LogP contribution >= 0.6 is 0 Å². The van der Waals surface area contributed by atoms with Gasteiger partial charge in [0.05, 0.1) is 19.2 Å². The van der Waals surface area contributed by atoms with Gasteiger partial charge in [0, 0.05) is 30.0 Å². The molecule has 2 heterocycles. The summed E-state index contributed by atoms with van der Waals surface area (Å²) in [6.45, 7) is 14.2. The lowest BCUT2D eigenvalue weighted by atomic mass is 9.85. The van der Waals surface area contributed by atoms with E-state index in [0.29, 0.717) is 17.0 Å². The summed E-state index contributed by atoms with van der Waals surface area (Å²) in [6, 6.07) is 4.96. The number of alkyl carbamates (subject to hydrolysis) is 1. The molecule has 1 saturated carbocycles. The predicted octanol–water partition coefficient (Wildman–Crippen LogP) is 3.68. The maximum Gasteiger partial charge on any atom is 0.408 e. The largest absolute Gasteiger partial charge is 0.497 e. The molecule has 3 N–H and O–H groups in total. The van der Waals surface area contributed by atoms with Crippen LogP contribution in [0.1, 0.15) is 54.4 Å². The van der Waals surface area contributed by atoms with Gasteiger partial charge < -0.3 is 34.9 Å². The SMILES string of the molecule is C=CC1CC1(NC(=O)C1CC(Oc2ccnc3cc(OC)ccc23)CN1C(=O)C(NC(=O)OC(C)(C)C)C(C)(C)C)C(=O)O. The average Bonchev–Trinajstić information content (AvgIpc) is 3.49. The maximum absolute atomic E-state index is 14.2. The summed E-state index contributed by atoms with van der Waals surface area (Å²) in [7, 11) is 1.56. The van der Waals surface area contributed by atoms with Crippen LogP contribution in [0.3, 0.4) is 0 Å². The lowest BCUT2D eigenvalue weighted by Gasteiger charge is -2.35. The minimum absolute atomic E-state index is 0.0183. The summed E-state index contributed by atoms with van der Waals surface area (Å²) in [5.41, 5.74) is -2.39. The molecular weight excluding hydrogens is 568 g/mol. The van der Waals surface area contributed by atoms with E-state index in [-0.39, 0.29) is 19.4 Å². The molecule has 0 spiro atoms. The van der Waals surface area contributed by atoms with Crippen molar-refractivity contribution in [1.29, 1.82) is 0 Å². The van der Waals surface area contributed by atoms with Crippen LogP contribution in [0, 0.1) is 11.3 Å². The number of methoxy groups -OCH3 is 1. The van der Waals surface area contributed by atoms with Crippen LogP contribution in [-0.4, -0.2) is 81.8 Å². The van der Waals surface area contributed by atoms with Crippen molar-refractivity contribution >= 4 is 34.8 Å². The molecule has 4 rings (SSSR count). The average molecular weight is 611 g/mol. The zero-order valence-corrected chi connectivity index (χ0v) is 26.3. The molecule has 12 heteroatoms. The molecule has 5 atom stereocenters. The van der Waals surface area contributed by atoms with E-state index in [1.165, 1.54) is 11.0 Å². The molecule has 238 valence electrons. The number of rotatable bonds is 9. The number of hydrogen-bond acceptors (Lipinski definition) is 8. The molecule has 2 aromatic rings. The van der Waals surface area contributed by atoms with Gasteiger partial charge in [-0.2, -0.15) is 0 Å². The van der Waals surface area contributed by atoms with Crippen molar-refractivity contribution in [1.82, 2.24) is 20.5 Å². The number of nitrogens with one attached hydrogen (secondary N) is 2. The van der Waals surface area contributed by atoms with Crippen molar-refractivity contribution in [3.63, 3.8) is 0 Å². The Morgan fingerprint density at radius 2 is 1.86 bits per heavy atom. The fraction of sp³-hybridized carbons (Fsp3) is 0.531. The van der Waals surface area contributed by atoms with Gasteiger partial charge in [-0.05, 0) is 50.8 Å². The van der Waals surface area contributed by atoms with E-state index in [2.05, 4.69) is 22.2 Å². The molecule has 12 nitrogen and oxygen atoms in total. The maximum atomic E-state index is 14.2. The van der Waals surface area contributed by atoms with Crippen molar-refractivity contribution in [2.45, 2.75) is 83.7 Å². The van der Waals surface area contributed by atoms with Gasteiger partial charge in [0.15, 0.2) is 0 Å². The van der Waals surface area contributed by atoms with Crippen LogP contribution in [0.15, 0.2) is 43.1 Å². The number of nitrogens with zero attached hydrogens (tertiary/aromatic N) is 2. The molecule has 1 aromatic carbocycles. The van der Waals surface area contributed by atoms with Crippen molar-refractivity contribution < 1.29 is 38.5 Å². The van der Waals surface area contributed by atoms with Gasteiger partial charge in [-0.15, -0.1) is 6.58 Å². The predicted molar refractivity (Wildman–Crippen MR) is 162 cm³/mol. The lowest BCUT2D eigenvalue weighted by Crippen LogP contribution is -2.59. The molecule has 0 radical (unpaired) electrons. The first-order chi connectivity index (χ1) is 20.5. The molecule has 1 saturated heterocycles. The number of likely N-dealkylation sites (tertiary alicyclic amines) is 1. The van der Waals surface area contributed by atoms with Crippen LogP contribution < -0.4 is 20.1 Å². The molecule has 44 heavy (non-hydrogen) atoms. The topological polar surface area (TPSA) is 156 Å². The van der Waals surface area contributed by atoms with Gasteiger partial charge in [-0.25, -0.2) is 9.59 Å². The number of pyridine rings is 1. The Balaban J connectivity index is 1.65. The highest BCUT2D eigenvalue weighted by Gasteiger charge is 2.61. The van der Waals surface area contributed by atoms with E-state index in [0.717, 1.165) is 5.39 Å². The lowest BCUT2D eigenvalue weighted by molar-refractivity contribution is -0.146. The highest BCUT2D eigenvalue weighted by Crippen LogP contribution is 2.45. The monoisotopic (exact) mass is 610 g/mol. The number of carboxylic acid groups (broad SMARTS) is 1. The second kappa shape index (κ2) is 12.0. The molecule has 5 unspecified atom stereocenters. The normalized spacial score (nSPS) is 23.8. The van der Waals surface area contributed by atoms with Gasteiger partial charge in [-0.3, -0.25) is 14.6 Å². The van der Waals surface area contributed by atoms with Crippen LogP contribution in [0.4, 0.5) is 4.79 Å². The third kappa shape index (κ3) is 6.89. The van der Waals surface area contributed by atoms with E-state index in [1.807, 2.05) is 6.07 Å². The van der Waals surface area contributed by atoms with Crippen LogP contribution in [0.25, 0.3) is 10.9 Å². The number of carbonyl (C=O) groups is 4. The number of carboxylic acids is 1. The fourth-order valence-electron chi connectivity index (χ4n) is 5.44. The van der Waals surface area contributed by atoms with Crippen molar-refractivity contribution in [2.75, 3.05) is 13.7 Å². The Hall–Kier alpha value is -4.35. The quantitative estimate of drug-likeness (QED) is 0.361. The van der Waals surface area contributed by atoms with E-state index < -0.39 is 64.5 Å². The summed E-state index contributed by atoms with van der Waals surface area (Å²) in [4.78, 5) is 58.6. The standard InChI is InChI=1S/C32H42N4O8/c1-9-18-16-32(18,28(39)40)35-26(37)23-15-20(43-24-12-13-33-22-14-19(42-8)10-11-21(22)24)17-36(23)27(38)25(30(2,3)4)34-29(41)44-31(5,6)7/h9-14,18,20,23,25H,1,15-17H2,2-8H3,(H,34,41)(H,35,37)(H,39,40). The van der Waals surface area contributed by atoms with Crippen molar-refractivity contribution in [3.05, 3.63) is 43.1 Å². The van der Waals surface area contributed by atoms with Crippen molar-refractivity contribution in [3.8, 4) is 11.5 Å². The number of fused-ring (bicyclic) bond motifs is 1. The minimum atomic E-state index is -1.48. The van der Waals surface area contributed by atoms with Crippen LogP contribution in [0.2, 0.25) is 0 Å². The number of carbonyl (C=O) groups excluding carboxylic acids is 3. The highest BCUT2D eigenvalue weighted by molar-refractivity contribution is 5.96. The molecule has 1 aliphatic heterocycles. The van der Waals surface area contributed by atoms with Gasteiger partial charge in [0.2, 0.25) is 11.8 Å². The highest BCUT2D eigenvalue weighted by atomic mass is 16.6. The smallest absolute Gasteiger partial charge is 0.408 e. The second-order valence-electron chi connectivity index (χ2n) is 13.4. The Morgan fingerprint density at radius 1 is 1.16 bits per heavy atom. The first kappa shape index (κ1) is 32.6. The van der Waals surface area contributed by atoms with Gasteiger partial charge >= 0.3 is 12.1 Å². The summed E-state index contributed by atoms with van der Waals surface area (Å²) < 4.78 is 17.1. The Bertz CT molecular complexity index is 1460. The summed E-state index contributed by atoms with van der Waals surface area (Å²) in [5.74, 6) is -1.60. The summed E-state index contributed by atoms with van der Waals surface area (Å²) >= 11 is 0. The molecule has 2 fully saturated rings. The van der Waals surface area contributed by atoms with E-state index in [9.17, 15) is 24.3 Å². The fourth-order valence-corrected chi connectivity index (χ4v) is 5.44. The first-order valence-electron chi connectivity index (χ1n) is 14.6. The Morgan fingerprint density at radius 3 is 2.43 bits per heavy atom. The number of aliphatic carboxylic acids is 1. The molecular formula is C32H42N4O8. The van der Waals surface area contributed by atoms with Gasteiger partial charge in [0.1, 0.15) is 40.8 Å².